The van der Waals surface area contributed by atoms with E-state index in [1.807, 2.05) is 60.7 Å². The number of thiol groups is 1. The standard InChI is InChI=1S/C34H30F2N2O5S/c1-3-42-32-20-33(39)37(2)22-28(32)27-18-25(14-16-30(27)43-31-17-15-26(35)19-29(31)36)34(24-12-8-5-9-13-24)38(44(40)41)21-23-10-6-4-7-11-23/h4-20,22,34,44H,3,21H2,1-2H3. The van der Waals surface area contributed by atoms with Crippen LogP contribution in [-0.2, 0) is 24.5 Å². The van der Waals surface area contributed by atoms with Crippen LogP contribution in [-0.4, -0.2) is 23.9 Å². The number of halogens is 2. The Kier molecular flexibility index (Phi) is 9.52. The fourth-order valence-electron chi connectivity index (χ4n) is 4.97. The zero-order valence-electron chi connectivity index (χ0n) is 24.0. The number of aryl methyl sites for hydroxylation is 1. The van der Waals surface area contributed by atoms with E-state index in [9.17, 15) is 22.0 Å². The van der Waals surface area contributed by atoms with E-state index in [1.165, 1.54) is 21.0 Å². The summed E-state index contributed by atoms with van der Waals surface area (Å²) in [5, 5.41) is 0. The van der Waals surface area contributed by atoms with Crippen molar-refractivity contribution < 1.29 is 26.7 Å². The maximum Gasteiger partial charge on any atom is 0.254 e. The Morgan fingerprint density at radius 1 is 0.795 bits per heavy atom. The molecule has 7 nitrogen and oxygen atoms in total. The highest BCUT2D eigenvalue weighted by atomic mass is 32.2. The molecule has 0 bridgehead atoms. The summed E-state index contributed by atoms with van der Waals surface area (Å²) in [5.74, 6) is -1.41. The zero-order valence-corrected chi connectivity index (χ0v) is 24.9. The maximum absolute atomic E-state index is 14.7. The molecule has 226 valence electrons. The molecule has 1 heterocycles. The molecule has 0 N–H and O–H groups in total. The summed E-state index contributed by atoms with van der Waals surface area (Å²) in [5.41, 5.74) is 2.67. The lowest BCUT2D eigenvalue weighted by Crippen LogP contribution is -2.28. The second kappa shape index (κ2) is 13.7. The van der Waals surface area contributed by atoms with Gasteiger partial charge in [-0.3, -0.25) is 4.79 Å². The summed E-state index contributed by atoms with van der Waals surface area (Å²) >= 11 is 0. The van der Waals surface area contributed by atoms with Gasteiger partial charge in [0.15, 0.2) is 11.6 Å². The van der Waals surface area contributed by atoms with E-state index in [1.54, 1.807) is 38.4 Å². The lowest BCUT2D eigenvalue weighted by atomic mass is 9.94. The first kappa shape index (κ1) is 30.7. The van der Waals surface area contributed by atoms with Crippen molar-refractivity contribution in [2.24, 2.45) is 7.05 Å². The molecule has 0 spiro atoms. The van der Waals surface area contributed by atoms with Gasteiger partial charge in [0.1, 0.15) is 17.3 Å². The molecule has 0 aliphatic rings. The molecule has 44 heavy (non-hydrogen) atoms. The number of hydrogen-bond donors (Lipinski definition) is 1. The van der Waals surface area contributed by atoms with Crippen molar-refractivity contribution in [1.82, 2.24) is 8.87 Å². The Hall–Kier alpha value is -4.80. The summed E-state index contributed by atoms with van der Waals surface area (Å²) in [6.07, 6.45) is 1.58. The predicted molar refractivity (Wildman–Crippen MR) is 165 cm³/mol. The van der Waals surface area contributed by atoms with Crippen LogP contribution in [0.25, 0.3) is 11.1 Å². The lowest BCUT2D eigenvalue weighted by molar-refractivity contribution is 0.340. The molecule has 0 aliphatic heterocycles. The fourth-order valence-corrected chi connectivity index (χ4v) is 5.70. The molecule has 1 atom stereocenters. The Labute approximate surface area is 255 Å². The summed E-state index contributed by atoms with van der Waals surface area (Å²) in [4.78, 5) is 12.5. The summed E-state index contributed by atoms with van der Waals surface area (Å²) < 4.78 is 68.6. The van der Waals surface area contributed by atoms with Crippen molar-refractivity contribution in [3.63, 3.8) is 0 Å². The van der Waals surface area contributed by atoms with Gasteiger partial charge in [-0.2, -0.15) is 4.31 Å². The number of hydrogen-bond acceptors (Lipinski definition) is 5. The number of nitrogens with zero attached hydrogens (tertiary/aromatic N) is 2. The topological polar surface area (TPSA) is 77.8 Å². The minimum atomic E-state index is -3.07. The summed E-state index contributed by atoms with van der Waals surface area (Å²) in [6.45, 7) is 2.15. The van der Waals surface area contributed by atoms with Crippen LogP contribution in [0.2, 0.25) is 0 Å². The second-order valence-corrected chi connectivity index (χ2v) is 11.0. The van der Waals surface area contributed by atoms with Crippen LogP contribution in [0.5, 0.6) is 17.2 Å². The zero-order chi connectivity index (χ0) is 31.2. The van der Waals surface area contributed by atoms with Gasteiger partial charge in [0.25, 0.3) is 5.56 Å². The Balaban J connectivity index is 1.73. The predicted octanol–water partition coefficient (Wildman–Crippen LogP) is 6.64. The van der Waals surface area contributed by atoms with Crippen molar-refractivity contribution >= 4 is 10.9 Å². The molecule has 1 aromatic heterocycles. The molecule has 0 saturated carbocycles. The van der Waals surface area contributed by atoms with Crippen molar-refractivity contribution in [2.45, 2.75) is 19.5 Å². The number of rotatable bonds is 11. The van der Waals surface area contributed by atoms with Gasteiger partial charge in [0.2, 0.25) is 10.9 Å². The SMILES string of the molecule is CCOc1cc(=O)n(C)cc1-c1cc(C(c2ccccc2)N(Cc2ccccc2)[SH](=O)=O)ccc1Oc1ccc(F)cc1F. The molecule has 1 unspecified atom stereocenters. The van der Waals surface area contributed by atoms with E-state index >= 15 is 0 Å². The highest BCUT2D eigenvalue weighted by Gasteiger charge is 2.27. The first-order valence-corrected chi connectivity index (χ1v) is 15.0. The number of ether oxygens (including phenoxy) is 2. The third kappa shape index (κ3) is 6.88. The average Bonchev–Trinajstić information content (AvgIpc) is 3.01. The normalized spacial score (nSPS) is 12.0. The van der Waals surface area contributed by atoms with Crippen molar-refractivity contribution in [2.75, 3.05) is 6.61 Å². The van der Waals surface area contributed by atoms with E-state index in [0.717, 1.165) is 23.3 Å². The average molecular weight is 617 g/mol. The minimum absolute atomic E-state index is 0.109. The van der Waals surface area contributed by atoms with Crippen LogP contribution in [0.3, 0.4) is 0 Å². The Morgan fingerprint density at radius 2 is 1.48 bits per heavy atom. The van der Waals surface area contributed by atoms with Crippen LogP contribution in [0, 0.1) is 11.6 Å². The van der Waals surface area contributed by atoms with E-state index in [2.05, 4.69) is 0 Å². The van der Waals surface area contributed by atoms with E-state index in [0.29, 0.717) is 16.7 Å². The molecule has 0 fully saturated rings. The molecule has 0 aliphatic carbocycles. The Bertz CT molecular complexity index is 1890. The van der Waals surface area contributed by atoms with Crippen LogP contribution in [0.4, 0.5) is 8.78 Å². The van der Waals surface area contributed by atoms with Gasteiger partial charge in [-0.1, -0.05) is 66.7 Å². The molecule has 5 rings (SSSR count). The Morgan fingerprint density at radius 3 is 2.14 bits per heavy atom. The summed E-state index contributed by atoms with van der Waals surface area (Å²) in [6, 6.07) is 27.1. The number of benzene rings is 4. The van der Waals surface area contributed by atoms with Crippen molar-refractivity contribution in [1.29, 1.82) is 0 Å². The van der Waals surface area contributed by atoms with E-state index < -0.39 is 28.6 Å². The third-order valence-electron chi connectivity index (χ3n) is 7.02. The van der Waals surface area contributed by atoms with Crippen molar-refractivity contribution in [3.8, 4) is 28.4 Å². The quantitative estimate of drug-likeness (QED) is 0.169. The van der Waals surface area contributed by atoms with Gasteiger partial charge >= 0.3 is 0 Å². The third-order valence-corrected chi connectivity index (χ3v) is 7.82. The van der Waals surface area contributed by atoms with Gasteiger partial charge in [-0.25, -0.2) is 17.2 Å². The van der Waals surface area contributed by atoms with Gasteiger partial charge in [-0.15, -0.1) is 0 Å². The summed E-state index contributed by atoms with van der Waals surface area (Å²) in [7, 11) is -1.48. The molecule has 4 aromatic carbocycles. The van der Waals surface area contributed by atoms with Crippen LogP contribution < -0.4 is 15.0 Å². The van der Waals surface area contributed by atoms with Crippen LogP contribution in [0.15, 0.2) is 114 Å². The highest BCUT2D eigenvalue weighted by Crippen LogP contribution is 2.42. The maximum atomic E-state index is 14.7. The molecule has 0 amide bonds. The molecule has 10 heteroatoms. The molecule has 0 saturated heterocycles. The fraction of sp³-hybridized carbons (Fsp3) is 0.147. The van der Waals surface area contributed by atoms with Gasteiger partial charge in [0.05, 0.1) is 12.6 Å². The molecular formula is C34H30F2N2O5S. The minimum Gasteiger partial charge on any atom is -0.493 e. The van der Waals surface area contributed by atoms with Crippen LogP contribution >= 0.6 is 0 Å². The number of aromatic nitrogens is 1. The smallest absolute Gasteiger partial charge is 0.254 e. The lowest BCUT2D eigenvalue weighted by Gasteiger charge is -2.28. The highest BCUT2D eigenvalue weighted by molar-refractivity contribution is 7.69. The van der Waals surface area contributed by atoms with E-state index in [-0.39, 0.29) is 36.0 Å². The van der Waals surface area contributed by atoms with Gasteiger partial charge < -0.3 is 14.0 Å². The van der Waals surface area contributed by atoms with Crippen molar-refractivity contribution in [3.05, 3.63) is 148 Å². The molecular weight excluding hydrogens is 586 g/mol. The van der Waals surface area contributed by atoms with Gasteiger partial charge in [0, 0.05) is 43.0 Å². The largest absolute Gasteiger partial charge is 0.493 e. The first-order chi connectivity index (χ1) is 21.2. The van der Waals surface area contributed by atoms with Crippen LogP contribution in [0.1, 0.15) is 29.7 Å². The monoisotopic (exact) mass is 616 g/mol. The second-order valence-electron chi connectivity index (χ2n) is 10.0. The number of pyridine rings is 1. The van der Waals surface area contributed by atoms with Gasteiger partial charge in [-0.05, 0) is 47.9 Å². The molecule has 5 aromatic rings. The first-order valence-electron chi connectivity index (χ1n) is 13.9. The van der Waals surface area contributed by atoms with E-state index in [4.69, 9.17) is 9.47 Å². The molecule has 0 radical (unpaired) electrons.